The average molecular weight is 440 g/mol. The summed E-state index contributed by atoms with van der Waals surface area (Å²) in [6.45, 7) is 16.9. The fourth-order valence-electron chi connectivity index (χ4n) is 4.15. The van der Waals surface area contributed by atoms with E-state index in [1.165, 1.54) is 0 Å². The maximum atomic E-state index is 6.34. The van der Waals surface area contributed by atoms with Crippen molar-refractivity contribution in [3.05, 3.63) is 48.4 Å². The van der Waals surface area contributed by atoms with Crippen LogP contribution in [0.4, 0.5) is 0 Å². The Labute approximate surface area is 194 Å². The van der Waals surface area contributed by atoms with Crippen LogP contribution in [-0.4, -0.2) is 55.1 Å². The topological polar surface area (TPSA) is 54.7 Å². The maximum absolute atomic E-state index is 6.34. The van der Waals surface area contributed by atoms with Gasteiger partial charge in [0.15, 0.2) is 0 Å². The molecule has 0 saturated heterocycles. The van der Waals surface area contributed by atoms with Crippen LogP contribution in [0.25, 0.3) is 17.0 Å². The van der Waals surface area contributed by atoms with Crippen molar-refractivity contribution >= 4 is 12.4 Å². The van der Waals surface area contributed by atoms with Crippen molar-refractivity contribution in [2.45, 2.75) is 58.5 Å². The minimum absolute atomic E-state index is 0.255. The van der Waals surface area contributed by atoms with Crippen molar-refractivity contribution in [2.75, 3.05) is 33.8 Å². The first-order valence-electron chi connectivity index (χ1n) is 11.8. The lowest BCUT2D eigenvalue weighted by atomic mass is 9.85. The third-order valence-electron chi connectivity index (χ3n) is 6.00. The van der Waals surface area contributed by atoms with Gasteiger partial charge in [-0.1, -0.05) is 45.8 Å². The molecule has 0 aliphatic heterocycles. The van der Waals surface area contributed by atoms with Crippen LogP contribution in [0, 0.1) is 0 Å². The molecule has 0 radical (unpaired) electrons. The molecule has 0 aliphatic carbocycles. The fourth-order valence-corrected chi connectivity index (χ4v) is 4.15. The maximum Gasteiger partial charge on any atom is 0.0945 e. The average Bonchev–Trinajstić information content (AvgIpc) is 3.25. The Kier molecular flexibility index (Phi) is 10.1. The van der Waals surface area contributed by atoms with Crippen LogP contribution in [0.5, 0.6) is 0 Å². The zero-order chi connectivity index (χ0) is 23.6. The molecule has 0 saturated carbocycles. The summed E-state index contributed by atoms with van der Waals surface area (Å²) in [6.07, 6.45) is 9.34. The number of aromatic nitrogens is 2. The van der Waals surface area contributed by atoms with E-state index in [9.17, 15) is 0 Å². The summed E-state index contributed by atoms with van der Waals surface area (Å²) < 4.78 is 8.11. The summed E-state index contributed by atoms with van der Waals surface area (Å²) in [5, 5.41) is 7.32. The minimum atomic E-state index is -0.255. The summed E-state index contributed by atoms with van der Waals surface area (Å²) in [4.78, 5) is 6.94. The lowest BCUT2D eigenvalue weighted by Crippen LogP contribution is -2.30. The predicted molar refractivity (Wildman–Crippen MR) is 136 cm³/mol. The number of hydrogen-bond acceptors (Lipinski definition) is 5. The molecule has 6 heteroatoms. The molecule has 176 valence electrons. The van der Waals surface area contributed by atoms with Gasteiger partial charge in [0.05, 0.1) is 22.7 Å². The van der Waals surface area contributed by atoms with Crippen LogP contribution in [0.15, 0.2) is 42.3 Å². The van der Waals surface area contributed by atoms with Crippen LogP contribution in [0.2, 0.25) is 0 Å². The van der Waals surface area contributed by atoms with Crippen molar-refractivity contribution in [3.63, 3.8) is 0 Å². The first-order chi connectivity index (χ1) is 15.5. The normalized spacial score (nSPS) is 13.0. The number of likely N-dealkylation sites (N-methyl/N-ethyl adjacent to an activating group) is 2. The molecule has 0 fully saturated rings. The van der Waals surface area contributed by atoms with Crippen LogP contribution in [-0.2, 0) is 10.3 Å². The molecular formula is C26H41N5O. The number of unbranched alkanes of at least 4 members (excludes halogenated alkanes) is 1. The minimum Gasteiger partial charge on any atom is -0.372 e. The predicted octanol–water partition coefficient (Wildman–Crippen LogP) is 5.36. The molecule has 0 aliphatic rings. The highest BCUT2D eigenvalue weighted by Crippen LogP contribution is 2.37. The van der Waals surface area contributed by atoms with Gasteiger partial charge in [-0.25, -0.2) is 4.68 Å². The first kappa shape index (κ1) is 25.8. The third kappa shape index (κ3) is 6.08. The number of rotatable bonds is 15. The summed E-state index contributed by atoms with van der Waals surface area (Å²) in [7, 11) is 3.98. The van der Waals surface area contributed by atoms with Gasteiger partial charge in [0.2, 0.25) is 0 Å². The van der Waals surface area contributed by atoms with Gasteiger partial charge in [0, 0.05) is 57.0 Å². The molecule has 1 atom stereocenters. The van der Waals surface area contributed by atoms with E-state index in [2.05, 4.69) is 67.6 Å². The zero-order valence-corrected chi connectivity index (χ0v) is 20.7. The highest BCUT2D eigenvalue weighted by atomic mass is 16.5. The molecule has 0 bridgehead atoms. The van der Waals surface area contributed by atoms with E-state index in [1.54, 1.807) is 4.68 Å². The summed E-state index contributed by atoms with van der Waals surface area (Å²) >= 11 is 0. The van der Waals surface area contributed by atoms with E-state index >= 15 is 0 Å². The van der Waals surface area contributed by atoms with Crippen molar-refractivity contribution < 1.29 is 4.74 Å². The highest BCUT2D eigenvalue weighted by Gasteiger charge is 2.31. The summed E-state index contributed by atoms with van der Waals surface area (Å²) in [5.41, 5.74) is 4.62. The second-order valence-corrected chi connectivity index (χ2v) is 8.28. The molecular weight excluding hydrogens is 398 g/mol. The Bertz CT molecular complexity index is 850. The third-order valence-corrected chi connectivity index (χ3v) is 6.00. The van der Waals surface area contributed by atoms with Crippen molar-refractivity contribution in [3.8, 4) is 11.3 Å². The highest BCUT2D eigenvalue weighted by molar-refractivity contribution is 5.68. The van der Waals surface area contributed by atoms with Crippen molar-refractivity contribution in [1.29, 1.82) is 0 Å². The Morgan fingerprint density at radius 3 is 2.59 bits per heavy atom. The molecule has 0 spiro atoms. The van der Waals surface area contributed by atoms with Gasteiger partial charge < -0.3 is 15.0 Å². The van der Waals surface area contributed by atoms with Crippen molar-refractivity contribution in [1.82, 2.24) is 19.9 Å². The number of ether oxygens (including phenoxy) is 1. The molecule has 2 heterocycles. The summed E-state index contributed by atoms with van der Waals surface area (Å²) in [6, 6.07) is 6.34. The standard InChI is InChI=1S/C26H41N5O/c1-8-11-15-26(14-9-2,32-10-3)23-12-13-24(29-19-23)22-18-25(31(20-22)28-6)21(4)30(7)17-16-27-5/h12-13,18-20,27H,4,6,8-11,14-17H2,1-3,5,7H3. The van der Waals surface area contributed by atoms with Gasteiger partial charge in [-0.2, -0.15) is 5.10 Å². The number of nitrogens with one attached hydrogen (secondary N) is 1. The van der Waals surface area contributed by atoms with E-state index in [0.717, 1.165) is 73.4 Å². The van der Waals surface area contributed by atoms with Crippen LogP contribution in [0.1, 0.15) is 64.1 Å². The van der Waals surface area contributed by atoms with E-state index < -0.39 is 0 Å². The largest absolute Gasteiger partial charge is 0.372 e. The van der Waals surface area contributed by atoms with Gasteiger partial charge in [-0.05, 0) is 38.9 Å². The first-order valence-corrected chi connectivity index (χ1v) is 11.8. The molecule has 1 unspecified atom stereocenters. The number of pyridine rings is 1. The molecule has 2 aromatic heterocycles. The van der Waals surface area contributed by atoms with Crippen LogP contribution < -0.4 is 5.32 Å². The molecule has 32 heavy (non-hydrogen) atoms. The monoisotopic (exact) mass is 439 g/mol. The van der Waals surface area contributed by atoms with Gasteiger partial charge in [0.25, 0.3) is 0 Å². The second kappa shape index (κ2) is 12.6. The smallest absolute Gasteiger partial charge is 0.0945 e. The SMILES string of the molecule is C=Nn1cc(-c2ccc(C(CCC)(CCCC)OCC)cn2)cc1C(=C)N(C)CCNC. The Morgan fingerprint density at radius 1 is 1.25 bits per heavy atom. The number of hydrogen-bond donors (Lipinski definition) is 1. The van der Waals surface area contributed by atoms with Gasteiger partial charge in [-0.15, -0.1) is 0 Å². The quantitative estimate of drug-likeness (QED) is 0.380. The molecule has 2 rings (SSSR count). The van der Waals surface area contributed by atoms with Gasteiger partial charge >= 0.3 is 0 Å². The van der Waals surface area contributed by atoms with Gasteiger partial charge in [-0.3, -0.25) is 4.98 Å². The van der Waals surface area contributed by atoms with Crippen LogP contribution in [0.3, 0.4) is 0 Å². The van der Waals surface area contributed by atoms with Crippen molar-refractivity contribution in [2.24, 2.45) is 5.10 Å². The van der Waals surface area contributed by atoms with Crippen LogP contribution >= 0.6 is 0 Å². The van der Waals surface area contributed by atoms with E-state index in [1.807, 2.05) is 26.5 Å². The second-order valence-electron chi connectivity index (χ2n) is 8.28. The van der Waals surface area contributed by atoms with E-state index in [4.69, 9.17) is 9.72 Å². The molecule has 6 nitrogen and oxygen atoms in total. The zero-order valence-electron chi connectivity index (χ0n) is 20.7. The Balaban J connectivity index is 2.34. The molecule has 1 N–H and O–H groups in total. The lowest BCUT2D eigenvalue weighted by Gasteiger charge is -2.34. The Morgan fingerprint density at radius 2 is 2.03 bits per heavy atom. The fraction of sp³-hybridized carbons (Fsp3) is 0.538. The van der Waals surface area contributed by atoms with Gasteiger partial charge in [0.1, 0.15) is 0 Å². The molecule has 0 amide bonds. The molecule has 2 aromatic rings. The summed E-state index contributed by atoms with van der Waals surface area (Å²) in [5.74, 6) is 0. The number of nitrogens with zero attached hydrogens (tertiary/aromatic N) is 4. The Hall–Kier alpha value is -2.44. The molecule has 0 aromatic carbocycles. The lowest BCUT2D eigenvalue weighted by molar-refractivity contribution is -0.0595. The van der Waals surface area contributed by atoms with E-state index in [0.29, 0.717) is 6.61 Å². The van der Waals surface area contributed by atoms with E-state index in [-0.39, 0.29) is 5.60 Å².